The van der Waals surface area contributed by atoms with Gasteiger partial charge in [0, 0.05) is 6.04 Å². The van der Waals surface area contributed by atoms with Gasteiger partial charge in [0.05, 0.1) is 18.4 Å². The summed E-state index contributed by atoms with van der Waals surface area (Å²) in [7, 11) is -2.22. The molecular weight excluding hydrogens is 350 g/mol. The smallest absolute Gasteiger partial charge is 0.337 e. The van der Waals surface area contributed by atoms with Gasteiger partial charge in [0.25, 0.3) is 0 Å². The minimum absolute atomic E-state index is 0.150. The second-order valence-electron chi connectivity index (χ2n) is 6.58. The Balaban J connectivity index is 2.13. The van der Waals surface area contributed by atoms with Gasteiger partial charge < -0.3 is 4.74 Å². The van der Waals surface area contributed by atoms with E-state index in [0.717, 1.165) is 16.7 Å². The van der Waals surface area contributed by atoms with Gasteiger partial charge in [-0.25, -0.2) is 17.9 Å². The van der Waals surface area contributed by atoms with Crippen LogP contribution in [0.4, 0.5) is 0 Å². The zero-order valence-electron chi connectivity index (χ0n) is 15.8. The normalized spacial score (nSPS) is 12.7. The summed E-state index contributed by atoms with van der Waals surface area (Å²) in [6.07, 6.45) is 0. The Morgan fingerprint density at radius 1 is 1.04 bits per heavy atom. The number of ether oxygens (including phenoxy) is 1. The van der Waals surface area contributed by atoms with Crippen LogP contribution in [0.15, 0.2) is 36.4 Å². The molecule has 0 saturated heterocycles. The van der Waals surface area contributed by atoms with Gasteiger partial charge in [0.15, 0.2) is 0 Å². The van der Waals surface area contributed by atoms with Gasteiger partial charge in [0.2, 0.25) is 10.0 Å². The zero-order chi connectivity index (χ0) is 19.5. The lowest BCUT2D eigenvalue weighted by atomic mass is 9.97. The molecule has 140 valence electrons. The number of methoxy groups -OCH3 is 1. The second kappa shape index (κ2) is 8.01. The first-order chi connectivity index (χ1) is 12.1. The second-order valence-corrected chi connectivity index (χ2v) is 8.33. The SMILES string of the molecule is COC(=O)c1ccc(CS(=O)(=O)NC(C)c2cc(C)c(C)cc2C)cc1. The number of sulfonamides is 1. The summed E-state index contributed by atoms with van der Waals surface area (Å²) in [6.45, 7) is 7.88. The highest BCUT2D eigenvalue weighted by Gasteiger charge is 2.18. The lowest BCUT2D eigenvalue weighted by Gasteiger charge is -2.18. The highest BCUT2D eigenvalue weighted by molar-refractivity contribution is 7.88. The maximum atomic E-state index is 12.5. The first kappa shape index (κ1) is 20.1. The van der Waals surface area contributed by atoms with Gasteiger partial charge in [-0.15, -0.1) is 0 Å². The molecule has 0 amide bonds. The zero-order valence-corrected chi connectivity index (χ0v) is 16.6. The molecule has 0 saturated carbocycles. The van der Waals surface area contributed by atoms with Gasteiger partial charge in [-0.05, 0) is 67.6 Å². The van der Waals surface area contributed by atoms with Gasteiger partial charge in [-0.1, -0.05) is 24.3 Å². The molecule has 0 aromatic heterocycles. The standard InChI is InChI=1S/C20H25NO4S/c1-13-10-15(3)19(11-14(13)2)16(4)21-26(23,24)12-17-6-8-18(9-7-17)20(22)25-5/h6-11,16,21H,12H2,1-5H3. The van der Waals surface area contributed by atoms with Crippen molar-refractivity contribution in [1.82, 2.24) is 4.72 Å². The van der Waals surface area contributed by atoms with E-state index in [-0.39, 0.29) is 11.8 Å². The van der Waals surface area contributed by atoms with E-state index in [4.69, 9.17) is 0 Å². The fourth-order valence-electron chi connectivity index (χ4n) is 2.90. The van der Waals surface area contributed by atoms with Crippen molar-refractivity contribution < 1.29 is 17.9 Å². The Hall–Kier alpha value is -2.18. The summed E-state index contributed by atoms with van der Waals surface area (Å²) in [4.78, 5) is 11.4. The van der Waals surface area contributed by atoms with Crippen LogP contribution in [0.25, 0.3) is 0 Å². The van der Waals surface area contributed by atoms with Gasteiger partial charge in [-0.2, -0.15) is 0 Å². The molecule has 2 rings (SSSR count). The van der Waals surface area contributed by atoms with Gasteiger partial charge in [-0.3, -0.25) is 0 Å². The van der Waals surface area contributed by atoms with Crippen molar-refractivity contribution in [2.24, 2.45) is 0 Å². The molecular formula is C20H25NO4S. The Morgan fingerprint density at radius 2 is 1.62 bits per heavy atom. The van der Waals surface area contributed by atoms with Crippen LogP contribution in [-0.2, 0) is 20.5 Å². The number of carbonyl (C=O) groups excluding carboxylic acids is 1. The maximum Gasteiger partial charge on any atom is 0.337 e. The van der Waals surface area contributed by atoms with Gasteiger partial charge in [0.1, 0.15) is 0 Å². The molecule has 0 spiro atoms. The molecule has 0 aliphatic rings. The summed E-state index contributed by atoms with van der Waals surface area (Å²) < 4.78 is 32.4. The molecule has 0 aliphatic carbocycles. The topological polar surface area (TPSA) is 72.5 Å². The number of hydrogen-bond donors (Lipinski definition) is 1. The van der Waals surface area contributed by atoms with Crippen LogP contribution < -0.4 is 4.72 Å². The number of rotatable bonds is 6. The highest BCUT2D eigenvalue weighted by atomic mass is 32.2. The Kier molecular flexibility index (Phi) is 6.21. The number of hydrogen-bond acceptors (Lipinski definition) is 4. The third-order valence-electron chi connectivity index (χ3n) is 4.44. The van der Waals surface area contributed by atoms with Crippen LogP contribution in [0.2, 0.25) is 0 Å². The average molecular weight is 375 g/mol. The fraction of sp³-hybridized carbons (Fsp3) is 0.350. The summed E-state index contributed by atoms with van der Waals surface area (Å²) >= 11 is 0. The first-order valence-electron chi connectivity index (χ1n) is 8.38. The van der Waals surface area contributed by atoms with E-state index in [9.17, 15) is 13.2 Å². The average Bonchev–Trinajstić information content (AvgIpc) is 2.57. The van der Waals surface area contributed by atoms with Crippen molar-refractivity contribution in [3.8, 4) is 0 Å². The highest BCUT2D eigenvalue weighted by Crippen LogP contribution is 2.22. The number of aryl methyl sites for hydroxylation is 3. The molecule has 2 aromatic carbocycles. The molecule has 1 atom stereocenters. The number of benzene rings is 2. The van der Waals surface area contributed by atoms with Crippen LogP contribution in [0.1, 0.15) is 51.1 Å². The Bertz CT molecular complexity index is 902. The molecule has 0 fully saturated rings. The lowest BCUT2D eigenvalue weighted by Crippen LogP contribution is -2.28. The molecule has 1 unspecified atom stereocenters. The van der Waals surface area contributed by atoms with E-state index in [1.54, 1.807) is 24.3 Å². The predicted octanol–water partition coefficient (Wildman–Crippen LogP) is 3.58. The minimum atomic E-state index is -3.53. The molecule has 2 aromatic rings. The third-order valence-corrected chi connectivity index (χ3v) is 5.86. The summed E-state index contributed by atoms with van der Waals surface area (Å²) in [5.74, 6) is -0.598. The maximum absolute atomic E-state index is 12.5. The molecule has 6 heteroatoms. The first-order valence-corrected chi connectivity index (χ1v) is 10.0. The van der Waals surface area contributed by atoms with Crippen molar-refractivity contribution in [2.45, 2.75) is 39.5 Å². The summed E-state index contributed by atoms with van der Waals surface area (Å²) in [6, 6.07) is 10.1. The van der Waals surface area contributed by atoms with E-state index in [2.05, 4.69) is 15.5 Å². The van der Waals surface area contributed by atoms with E-state index in [1.165, 1.54) is 12.7 Å². The molecule has 0 radical (unpaired) electrons. The molecule has 0 heterocycles. The molecule has 5 nitrogen and oxygen atoms in total. The molecule has 0 bridgehead atoms. The van der Waals surface area contributed by atoms with Crippen molar-refractivity contribution in [3.63, 3.8) is 0 Å². The Morgan fingerprint density at radius 3 is 2.19 bits per heavy atom. The number of nitrogens with one attached hydrogen (secondary N) is 1. The molecule has 26 heavy (non-hydrogen) atoms. The summed E-state index contributed by atoms with van der Waals surface area (Å²) in [5.41, 5.74) is 5.35. The van der Waals surface area contributed by atoms with Crippen molar-refractivity contribution >= 4 is 16.0 Å². The number of carbonyl (C=O) groups is 1. The van der Waals surface area contributed by atoms with Crippen LogP contribution in [-0.4, -0.2) is 21.5 Å². The van der Waals surface area contributed by atoms with E-state index in [0.29, 0.717) is 11.1 Å². The van der Waals surface area contributed by atoms with Crippen LogP contribution in [0.3, 0.4) is 0 Å². The lowest BCUT2D eigenvalue weighted by molar-refractivity contribution is 0.0600. The van der Waals surface area contributed by atoms with E-state index >= 15 is 0 Å². The summed E-state index contributed by atoms with van der Waals surface area (Å²) in [5, 5.41) is 0. The molecule has 0 aliphatic heterocycles. The van der Waals surface area contributed by atoms with E-state index in [1.807, 2.05) is 33.8 Å². The number of esters is 1. The third kappa shape index (κ3) is 4.93. The van der Waals surface area contributed by atoms with Gasteiger partial charge >= 0.3 is 5.97 Å². The van der Waals surface area contributed by atoms with Crippen molar-refractivity contribution in [3.05, 3.63) is 69.8 Å². The monoisotopic (exact) mass is 375 g/mol. The Labute approximate surface area is 155 Å². The van der Waals surface area contributed by atoms with Crippen LogP contribution >= 0.6 is 0 Å². The van der Waals surface area contributed by atoms with Crippen LogP contribution in [0, 0.1) is 20.8 Å². The predicted molar refractivity (Wildman–Crippen MR) is 103 cm³/mol. The fourth-order valence-corrected chi connectivity index (χ4v) is 4.28. The minimum Gasteiger partial charge on any atom is -0.465 e. The molecule has 1 N–H and O–H groups in total. The quantitative estimate of drug-likeness (QED) is 0.783. The van der Waals surface area contributed by atoms with Crippen molar-refractivity contribution in [2.75, 3.05) is 7.11 Å². The van der Waals surface area contributed by atoms with Crippen LogP contribution in [0.5, 0.6) is 0 Å². The largest absolute Gasteiger partial charge is 0.465 e. The van der Waals surface area contributed by atoms with Crippen molar-refractivity contribution in [1.29, 1.82) is 0 Å². The van der Waals surface area contributed by atoms with E-state index < -0.39 is 16.0 Å².